The van der Waals surface area contributed by atoms with Crippen molar-refractivity contribution < 1.29 is 29.6 Å². The summed E-state index contributed by atoms with van der Waals surface area (Å²) in [5.41, 5.74) is 0. The van der Waals surface area contributed by atoms with Gasteiger partial charge in [-0.25, -0.2) is 0 Å². The van der Waals surface area contributed by atoms with Crippen LogP contribution in [0.1, 0.15) is 51.9 Å². The summed E-state index contributed by atoms with van der Waals surface area (Å²) < 4.78 is 10.9. The number of ether oxygens (including phenoxy) is 2. The molecule has 0 amide bonds. The largest absolute Gasteiger partial charge is 0.550 e. The molecule has 1 saturated heterocycles. The first kappa shape index (κ1) is 17.4. The van der Waals surface area contributed by atoms with Crippen LogP contribution in [0, 0.1) is 0 Å². The lowest BCUT2D eigenvalue weighted by molar-refractivity contribution is -0.305. The van der Waals surface area contributed by atoms with E-state index < -0.39 is 24.5 Å². The van der Waals surface area contributed by atoms with E-state index in [9.17, 15) is 20.1 Å². The Balaban J connectivity index is 1.99. The Bertz CT molecular complexity index is 283. The summed E-state index contributed by atoms with van der Waals surface area (Å²) in [5, 5.41) is 29.4. The molecule has 0 radical (unpaired) electrons. The van der Waals surface area contributed by atoms with E-state index in [1.807, 2.05) is 0 Å². The van der Waals surface area contributed by atoms with Gasteiger partial charge in [-0.05, 0) is 26.2 Å². The Labute approximate surface area is 119 Å². The minimum atomic E-state index is -0.993. The molecule has 6 nitrogen and oxygen atoms in total. The van der Waals surface area contributed by atoms with Gasteiger partial charge in [0.15, 0.2) is 6.29 Å². The van der Waals surface area contributed by atoms with E-state index in [2.05, 4.69) is 0 Å². The fourth-order valence-corrected chi connectivity index (χ4v) is 2.19. The molecule has 1 aliphatic heterocycles. The summed E-state index contributed by atoms with van der Waals surface area (Å²) in [7, 11) is 0. The third-order valence-corrected chi connectivity index (χ3v) is 3.50. The molecule has 0 aromatic heterocycles. The highest BCUT2D eigenvalue weighted by Gasteiger charge is 2.34. The molecular weight excluding hydrogens is 264 g/mol. The lowest BCUT2D eigenvalue weighted by atomic mass is 10.0. The fourth-order valence-electron chi connectivity index (χ4n) is 2.19. The first-order valence-electron chi connectivity index (χ1n) is 7.33. The minimum absolute atomic E-state index is 0.124. The number of rotatable bonds is 9. The molecule has 0 unspecified atom stereocenters. The van der Waals surface area contributed by atoms with Gasteiger partial charge in [-0.2, -0.15) is 0 Å². The van der Waals surface area contributed by atoms with Crippen molar-refractivity contribution in [1.82, 2.24) is 0 Å². The van der Waals surface area contributed by atoms with E-state index in [1.54, 1.807) is 6.92 Å². The maximum absolute atomic E-state index is 10.2. The molecule has 0 bridgehead atoms. The second kappa shape index (κ2) is 9.28. The normalized spacial score (nSPS) is 30.4. The Morgan fingerprint density at radius 2 is 1.85 bits per heavy atom. The number of hydrogen-bond acceptors (Lipinski definition) is 6. The maximum Gasteiger partial charge on any atom is 0.183 e. The van der Waals surface area contributed by atoms with Crippen LogP contribution in [0.4, 0.5) is 0 Å². The summed E-state index contributed by atoms with van der Waals surface area (Å²) in [6, 6.07) is 0. The Morgan fingerprint density at radius 3 is 2.55 bits per heavy atom. The number of carbonyl (C=O) groups is 1. The van der Waals surface area contributed by atoms with Gasteiger partial charge in [0.25, 0.3) is 0 Å². The number of carboxylic acids is 1. The van der Waals surface area contributed by atoms with Gasteiger partial charge in [0.1, 0.15) is 6.10 Å². The van der Waals surface area contributed by atoms with E-state index >= 15 is 0 Å². The SMILES string of the molecule is C[C@@H]1O[C@@H](OCCCCCCCC(=O)[O-])[C@H](O)C[C@H]1O. The van der Waals surface area contributed by atoms with Crippen LogP contribution >= 0.6 is 0 Å². The topological polar surface area (TPSA) is 99.1 Å². The molecule has 0 spiro atoms. The van der Waals surface area contributed by atoms with Crippen LogP contribution in [0.15, 0.2) is 0 Å². The molecular formula is C14H25O6-. The van der Waals surface area contributed by atoms with Gasteiger partial charge >= 0.3 is 0 Å². The number of aliphatic hydroxyl groups excluding tert-OH is 2. The molecule has 0 aliphatic carbocycles. The molecule has 1 rings (SSSR count). The van der Waals surface area contributed by atoms with Crippen molar-refractivity contribution in [2.75, 3.05) is 6.61 Å². The van der Waals surface area contributed by atoms with Crippen molar-refractivity contribution in [2.45, 2.75) is 76.5 Å². The average molecular weight is 289 g/mol. The zero-order chi connectivity index (χ0) is 15.0. The fraction of sp³-hybridized carbons (Fsp3) is 0.929. The van der Waals surface area contributed by atoms with Gasteiger partial charge in [0.2, 0.25) is 0 Å². The van der Waals surface area contributed by atoms with Crippen LogP contribution in [0.5, 0.6) is 0 Å². The number of unbranched alkanes of at least 4 members (excludes halogenated alkanes) is 4. The molecule has 1 fully saturated rings. The summed E-state index contributed by atoms with van der Waals surface area (Å²) in [6.07, 6.45) is 2.26. The van der Waals surface area contributed by atoms with Gasteiger partial charge in [-0.3, -0.25) is 0 Å². The van der Waals surface area contributed by atoms with E-state index in [0.717, 1.165) is 25.7 Å². The van der Waals surface area contributed by atoms with Crippen LogP contribution in [-0.2, 0) is 14.3 Å². The van der Waals surface area contributed by atoms with Crippen molar-refractivity contribution >= 4 is 5.97 Å². The van der Waals surface area contributed by atoms with E-state index in [4.69, 9.17) is 9.47 Å². The van der Waals surface area contributed by atoms with E-state index in [0.29, 0.717) is 13.0 Å². The smallest absolute Gasteiger partial charge is 0.183 e. The summed E-state index contributed by atoms with van der Waals surface area (Å²) in [6.45, 7) is 2.25. The standard InChI is InChI=1S/C14H26O6/c1-10-11(15)9-12(16)14(20-10)19-8-6-4-2-3-5-7-13(17)18/h10-12,14-16H,2-9H2,1H3,(H,17,18)/p-1/t10-,11+,12+,14+/m0/s1. The van der Waals surface area contributed by atoms with Crippen LogP contribution in [-0.4, -0.2) is 47.4 Å². The Kier molecular flexibility index (Phi) is 8.06. The number of aliphatic hydroxyl groups is 2. The van der Waals surface area contributed by atoms with Crippen molar-refractivity contribution in [1.29, 1.82) is 0 Å². The molecule has 1 heterocycles. The van der Waals surface area contributed by atoms with Crippen LogP contribution in [0.25, 0.3) is 0 Å². The molecule has 0 aromatic rings. The first-order chi connectivity index (χ1) is 9.50. The Morgan fingerprint density at radius 1 is 1.20 bits per heavy atom. The predicted octanol–water partition coefficient (Wildman–Crippen LogP) is -0.0498. The number of aliphatic carboxylic acids is 1. The summed E-state index contributed by atoms with van der Waals surface area (Å²) in [5.74, 6) is -0.993. The molecule has 1 aliphatic rings. The van der Waals surface area contributed by atoms with Gasteiger partial charge in [0, 0.05) is 19.0 Å². The van der Waals surface area contributed by atoms with Crippen molar-refractivity contribution in [3.05, 3.63) is 0 Å². The quantitative estimate of drug-likeness (QED) is 0.577. The first-order valence-corrected chi connectivity index (χ1v) is 7.33. The maximum atomic E-state index is 10.2. The molecule has 0 aromatic carbocycles. The van der Waals surface area contributed by atoms with E-state index in [-0.39, 0.29) is 18.9 Å². The Hall–Kier alpha value is -0.690. The zero-order valence-corrected chi connectivity index (χ0v) is 12.0. The zero-order valence-electron chi connectivity index (χ0n) is 12.0. The highest BCUT2D eigenvalue weighted by Crippen LogP contribution is 2.21. The molecule has 6 heteroatoms. The summed E-state index contributed by atoms with van der Waals surface area (Å²) in [4.78, 5) is 10.2. The van der Waals surface area contributed by atoms with Crippen molar-refractivity contribution in [3.8, 4) is 0 Å². The number of hydrogen-bond donors (Lipinski definition) is 2. The van der Waals surface area contributed by atoms with Crippen LogP contribution in [0.2, 0.25) is 0 Å². The predicted molar refractivity (Wildman–Crippen MR) is 69.6 cm³/mol. The van der Waals surface area contributed by atoms with Gasteiger partial charge in [-0.1, -0.05) is 19.3 Å². The molecule has 4 atom stereocenters. The van der Waals surface area contributed by atoms with Crippen LogP contribution in [0.3, 0.4) is 0 Å². The molecule has 20 heavy (non-hydrogen) atoms. The third kappa shape index (κ3) is 6.65. The molecule has 2 N–H and O–H groups in total. The van der Waals surface area contributed by atoms with Gasteiger partial charge in [-0.15, -0.1) is 0 Å². The van der Waals surface area contributed by atoms with Gasteiger partial charge in [0.05, 0.1) is 12.2 Å². The molecule has 118 valence electrons. The van der Waals surface area contributed by atoms with Crippen LogP contribution < -0.4 is 5.11 Å². The second-order valence-corrected chi connectivity index (χ2v) is 5.34. The highest BCUT2D eigenvalue weighted by atomic mass is 16.7. The minimum Gasteiger partial charge on any atom is -0.550 e. The van der Waals surface area contributed by atoms with Crippen molar-refractivity contribution in [2.24, 2.45) is 0 Å². The average Bonchev–Trinajstić information content (AvgIpc) is 2.38. The van der Waals surface area contributed by atoms with Gasteiger partial charge < -0.3 is 29.6 Å². The van der Waals surface area contributed by atoms with Crippen molar-refractivity contribution in [3.63, 3.8) is 0 Å². The van der Waals surface area contributed by atoms with E-state index in [1.165, 1.54) is 0 Å². The second-order valence-electron chi connectivity index (χ2n) is 5.34. The lowest BCUT2D eigenvalue weighted by Crippen LogP contribution is -2.47. The lowest BCUT2D eigenvalue weighted by Gasteiger charge is -2.35. The number of carboxylic acid groups (broad SMARTS) is 1. The molecule has 0 saturated carbocycles. The highest BCUT2D eigenvalue weighted by molar-refractivity contribution is 5.63. The third-order valence-electron chi connectivity index (χ3n) is 3.50. The monoisotopic (exact) mass is 289 g/mol. The number of carbonyl (C=O) groups excluding carboxylic acids is 1. The summed E-state index contributed by atoms with van der Waals surface area (Å²) >= 11 is 0.